The summed E-state index contributed by atoms with van der Waals surface area (Å²) in [6.07, 6.45) is 0.231. The predicted molar refractivity (Wildman–Crippen MR) is 141 cm³/mol. The summed E-state index contributed by atoms with van der Waals surface area (Å²) in [7, 11) is -1.87. The third kappa shape index (κ3) is 8.81. The van der Waals surface area contributed by atoms with Gasteiger partial charge in [-0.2, -0.15) is 4.98 Å². The average Bonchev–Trinajstić information content (AvgIpc) is 3.39. The van der Waals surface area contributed by atoms with E-state index < -0.39 is 28.8 Å². The van der Waals surface area contributed by atoms with E-state index in [0.29, 0.717) is 35.3 Å². The second kappa shape index (κ2) is 14.3. The van der Waals surface area contributed by atoms with Gasteiger partial charge in [-0.15, -0.1) is 21.9 Å². The number of rotatable bonds is 12. The second-order valence-electron chi connectivity index (χ2n) is 7.50. The Balaban J connectivity index is 1.70. The standard InChI is InChI=1S/C24H28N5O6S2/c1-3-34-21(31)14-17(30)11-12-25-22-19(20-6-5-13-36-20)15-26-23(28-22)27-16-7-9-18(10-8-16)37(33)29-24(32)35-4-2/h5-10,13,15,17,30H,3-4,11-12,14H2,1-2H3,(H2,25,26,27,28)/q-1/t17-/m1/s1. The molecule has 0 spiro atoms. The molecule has 1 atom stereocenters. The highest BCUT2D eigenvalue weighted by Gasteiger charge is 2.14. The van der Waals surface area contributed by atoms with Crippen molar-refractivity contribution >= 4 is 51.4 Å². The van der Waals surface area contributed by atoms with Gasteiger partial charge in [0.15, 0.2) is 0 Å². The van der Waals surface area contributed by atoms with Gasteiger partial charge in [0.2, 0.25) is 5.95 Å². The number of aliphatic hydroxyl groups is 1. The summed E-state index contributed by atoms with van der Waals surface area (Å²) in [5, 5.41) is 18.4. The van der Waals surface area contributed by atoms with E-state index in [9.17, 15) is 18.9 Å². The number of esters is 1. The lowest BCUT2D eigenvalue weighted by Crippen LogP contribution is -2.19. The van der Waals surface area contributed by atoms with Crippen molar-refractivity contribution in [1.29, 1.82) is 0 Å². The first-order chi connectivity index (χ1) is 17.9. The minimum atomic E-state index is -1.87. The van der Waals surface area contributed by atoms with Crippen LogP contribution in [0, 0.1) is 0 Å². The molecule has 3 aromatic rings. The van der Waals surface area contributed by atoms with Crippen LogP contribution in [0.15, 0.2) is 57.2 Å². The largest absolute Gasteiger partial charge is 0.466 e. The fourth-order valence-electron chi connectivity index (χ4n) is 3.11. The van der Waals surface area contributed by atoms with Crippen LogP contribution in [-0.2, 0) is 29.1 Å². The molecule has 2 heterocycles. The highest BCUT2D eigenvalue weighted by atomic mass is 32.2. The van der Waals surface area contributed by atoms with E-state index in [4.69, 9.17) is 4.74 Å². The number of carbonyl (C=O) groups excluding carboxylic acids is 2. The van der Waals surface area contributed by atoms with Crippen LogP contribution >= 0.6 is 11.3 Å². The van der Waals surface area contributed by atoms with Crippen molar-refractivity contribution in [2.75, 3.05) is 30.4 Å². The van der Waals surface area contributed by atoms with Crippen molar-refractivity contribution in [3.8, 4) is 10.4 Å². The highest BCUT2D eigenvalue weighted by molar-refractivity contribution is 7.75. The molecule has 11 nitrogen and oxygen atoms in total. The predicted octanol–water partition coefficient (Wildman–Crippen LogP) is 4.73. The van der Waals surface area contributed by atoms with Gasteiger partial charge in [-0.25, -0.2) is 9.78 Å². The van der Waals surface area contributed by atoms with Crippen molar-refractivity contribution < 1.29 is 28.4 Å². The van der Waals surface area contributed by atoms with Gasteiger partial charge >= 0.3 is 12.1 Å². The van der Waals surface area contributed by atoms with E-state index >= 15 is 0 Å². The molecule has 0 fully saturated rings. The maximum Gasteiger partial charge on any atom is 0.410 e. The van der Waals surface area contributed by atoms with E-state index in [1.165, 1.54) is 0 Å². The van der Waals surface area contributed by atoms with E-state index in [-0.39, 0.29) is 19.6 Å². The van der Waals surface area contributed by atoms with Crippen molar-refractivity contribution in [3.05, 3.63) is 48.0 Å². The summed E-state index contributed by atoms with van der Waals surface area (Å²) in [6, 6.07) is 10.4. The zero-order valence-electron chi connectivity index (χ0n) is 20.4. The van der Waals surface area contributed by atoms with Gasteiger partial charge in [0, 0.05) is 23.3 Å². The number of benzene rings is 1. The third-order valence-electron chi connectivity index (χ3n) is 4.79. The number of anilines is 3. The van der Waals surface area contributed by atoms with Gasteiger partial charge < -0.3 is 29.4 Å². The Labute approximate surface area is 220 Å². The van der Waals surface area contributed by atoms with Crippen LogP contribution in [-0.4, -0.2) is 53.0 Å². The van der Waals surface area contributed by atoms with E-state index in [0.717, 1.165) is 10.4 Å². The maximum atomic E-state index is 12.2. The number of nitrogens with one attached hydrogen (secondary N) is 2. The van der Waals surface area contributed by atoms with Gasteiger partial charge in [0.1, 0.15) is 5.82 Å². The molecule has 0 saturated heterocycles. The third-order valence-corrected chi connectivity index (χ3v) is 6.68. The Morgan fingerprint density at radius 2 is 1.92 bits per heavy atom. The van der Waals surface area contributed by atoms with Crippen molar-refractivity contribution in [2.45, 2.75) is 37.7 Å². The van der Waals surface area contributed by atoms with Crippen LogP contribution in [0.5, 0.6) is 0 Å². The molecule has 0 bridgehead atoms. The van der Waals surface area contributed by atoms with E-state index in [1.54, 1.807) is 55.6 Å². The van der Waals surface area contributed by atoms with E-state index in [1.807, 2.05) is 17.5 Å². The Kier molecular flexibility index (Phi) is 10.8. The Bertz CT molecular complexity index is 1260. The monoisotopic (exact) mass is 546 g/mol. The quantitative estimate of drug-likeness (QED) is 0.215. The molecule has 0 radical (unpaired) electrons. The van der Waals surface area contributed by atoms with E-state index in [2.05, 4.69) is 29.7 Å². The molecule has 2 aromatic heterocycles. The molecular formula is C24H28N5O6S2-. The number of amides is 1. The van der Waals surface area contributed by atoms with Crippen LogP contribution in [0.25, 0.3) is 10.4 Å². The lowest BCUT2D eigenvalue weighted by atomic mass is 10.2. The second-order valence-corrected chi connectivity index (χ2v) is 9.60. The topological polar surface area (TPSA) is 152 Å². The number of hydrogen-bond acceptors (Lipinski definition) is 12. The van der Waals surface area contributed by atoms with Gasteiger partial charge in [-0.05, 0) is 43.8 Å². The SMILES string of the molecule is CCOC(=O)C[C@H](O)CCNc1nc(Nc2ccc([S-](=O)=NC(=O)OCC)cc2)ncc1-c1cccs1. The Morgan fingerprint density at radius 3 is 2.59 bits per heavy atom. The lowest BCUT2D eigenvalue weighted by molar-refractivity contribution is -0.145. The van der Waals surface area contributed by atoms with Crippen molar-refractivity contribution in [1.82, 2.24) is 9.97 Å². The maximum absolute atomic E-state index is 12.2. The first-order valence-electron chi connectivity index (χ1n) is 11.6. The molecule has 13 heteroatoms. The Hall–Kier alpha value is -3.55. The fraction of sp³-hybridized carbons (Fsp3) is 0.333. The molecule has 0 saturated carbocycles. The molecule has 37 heavy (non-hydrogen) atoms. The molecule has 3 N–H and O–H groups in total. The fourth-order valence-corrected chi connectivity index (χ4v) is 4.51. The van der Waals surface area contributed by atoms with Crippen LogP contribution < -0.4 is 10.6 Å². The Morgan fingerprint density at radius 1 is 1.16 bits per heavy atom. The number of nitrogens with zero attached hydrogens (tertiary/aromatic N) is 3. The van der Waals surface area contributed by atoms with Crippen molar-refractivity contribution in [2.24, 2.45) is 4.36 Å². The lowest BCUT2D eigenvalue weighted by Gasteiger charge is -2.14. The number of aromatic nitrogens is 2. The summed E-state index contributed by atoms with van der Waals surface area (Å²) in [4.78, 5) is 33.3. The molecule has 0 aliphatic heterocycles. The molecule has 0 aliphatic carbocycles. The van der Waals surface area contributed by atoms with Gasteiger partial charge in [-0.1, -0.05) is 23.1 Å². The zero-order chi connectivity index (χ0) is 26.6. The van der Waals surface area contributed by atoms with Gasteiger partial charge in [-0.3, -0.25) is 9.16 Å². The number of hydrogen-bond donors (Lipinski definition) is 3. The summed E-state index contributed by atoms with van der Waals surface area (Å²) in [6.45, 7) is 4.16. The summed E-state index contributed by atoms with van der Waals surface area (Å²) >= 11 is 1.54. The van der Waals surface area contributed by atoms with Gasteiger partial charge in [0.25, 0.3) is 0 Å². The minimum absolute atomic E-state index is 0.0717. The first-order valence-corrected chi connectivity index (χ1v) is 13.5. The van der Waals surface area contributed by atoms with Crippen LogP contribution in [0.1, 0.15) is 26.7 Å². The van der Waals surface area contributed by atoms with Gasteiger partial charge in [0.05, 0.1) is 31.3 Å². The summed E-state index contributed by atoms with van der Waals surface area (Å²) in [5.41, 5.74) is 1.43. The average molecular weight is 547 g/mol. The molecule has 0 aliphatic rings. The van der Waals surface area contributed by atoms with Crippen LogP contribution in [0.4, 0.5) is 22.2 Å². The summed E-state index contributed by atoms with van der Waals surface area (Å²) in [5.74, 6) is 0.446. The molecule has 1 amide bonds. The van der Waals surface area contributed by atoms with Crippen LogP contribution in [0.2, 0.25) is 0 Å². The number of carbonyl (C=O) groups is 2. The normalized spacial score (nSPS) is 12.5. The first kappa shape index (κ1) is 28.0. The summed E-state index contributed by atoms with van der Waals surface area (Å²) < 4.78 is 25.2. The highest BCUT2D eigenvalue weighted by Crippen LogP contribution is 2.31. The number of aliphatic hydroxyl groups excluding tert-OH is 1. The molecule has 0 unspecified atom stereocenters. The molecule has 1 aromatic carbocycles. The number of ether oxygens (including phenoxy) is 2. The number of thiophene rings is 1. The smallest absolute Gasteiger partial charge is 0.410 e. The molecule has 3 rings (SSSR count). The molecular weight excluding hydrogens is 518 g/mol. The molecule has 198 valence electrons. The zero-order valence-corrected chi connectivity index (χ0v) is 22.0. The van der Waals surface area contributed by atoms with Crippen molar-refractivity contribution in [3.63, 3.8) is 0 Å². The van der Waals surface area contributed by atoms with Crippen LogP contribution in [0.3, 0.4) is 0 Å². The minimum Gasteiger partial charge on any atom is -0.466 e.